The van der Waals surface area contributed by atoms with Crippen molar-refractivity contribution in [2.75, 3.05) is 16.4 Å². The predicted molar refractivity (Wildman–Crippen MR) is 141 cm³/mol. The first-order valence-electron chi connectivity index (χ1n) is 11.3. The monoisotopic (exact) mass is 476 g/mol. The third-order valence-corrected chi connectivity index (χ3v) is 5.60. The van der Waals surface area contributed by atoms with Crippen molar-refractivity contribution < 1.29 is 9.59 Å². The first kappa shape index (κ1) is 24.1. The van der Waals surface area contributed by atoms with Crippen LogP contribution in [0.3, 0.4) is 0 Å². The minimum atomic E-state index is -0.490. The Morgan fingerprint density at radius 1 is 1.03 bits per heavy atom. The summed E-state index contributed by atoms with van der Waals surface area (Å²) >= 11 is 0. The molecule has 4 aromatic rings. The SMILES string of the molecule is Cc1ccncc1-c1cc(N)c2cnc(NC(=O)/C=C/C(=O)Nc3ccc(CCC#N)cc3)cc2c1. The van der Waals surface area contributed by atoms with Gasteiger partial charge in [-0.2, -0.15) is 5.26 Å². The van der Waals surface area contributed by atoms with Crippen LogP contribution in [-0.2, 0) is 16.0 Å². The Morgan fingerprint density at radius 3 is 2.50 bits per heavy atom. The average Bonchev–Trinajstić information content (AvgIpc) is 2.87. The lowest BCUT2D eigenvalue weighted by molar-refractivity contribution is -0.114. The van der Waals surface area contributed by atoms with E-state index in [-0.39, 0.29) is 0 Å². The van der Waals surface area contributed by atoms with Gasteiger partial charge in [0.25, 0.3) is 0 Å². The van der Waals surface area contributed by atoms with Gasteiger partial charge in [-0.25, -0.2) is 4.98 Å². The van der Waals surface area contributed by atoms with Crippen LogP contribution in [0.2, 0.25) is 0 Å². The Balaban J connectivity index is 1.42. The molecule has 0 unspecified atom stereocenters. The number of nitrogens with two attached hydrogens (primary N) is 1. The van der Waals surface area contributed by atoms with Crippen LogP contribution in [0.4, 0.5) is 17.2 Å². The van der Waals surface area contributed by atoms with Crippen molar-refractivity contribution in [3.05, 3.63) is 90.4 Å². The number of hydrogen-bond acceptors (Lipinski definition) is 6. The van der Waals surface area contributed by atoms with E-state index in [1.807, 2.05) is 37.3 Å². The highest BCUT2D eigenvalue weighted by atomic mass is 16.2. The van der Waals surface area contributed by atoms with E-state index in [9.17, 15) is 9.59 Å². The van der Waals surface area contributed by atoms with Gasteiger partial charge >= 0.3 is 0 Å². The number of fused-ring (bicyclic) bond motifs is 1. The molecule has 0 aliphatic carbocycles. The molecule has 8 nitrogen and oxygen atoms in total. The average molecular weight is 477 g/mol. The van der Waals surface area contributed by atoms with E-state index in [0.717, 1.165) is 45.2 Å². The van der Waals surface area contributed by atoms with Crippen LogP contribution < -0.4 is 16.4 Å². The Labute approximate surface area is 208 Å². The van der Waals surface area contributed by atoms with E-state index in [1.54, 1.807) is 36.8 Å². The molecule has 0 saturated heterocycles. The molecule has 0 saturated carbocycles. The molecule has 178 valence electrons. The van der Waals surface area contributed by atoms with Gasteiger partial charge in [0.05, 0.1) is 6.07 Å². The van der Waals surface area contributed by atoms with E-state index in [2.05, 4.69) is 26.7 Å². The van der Waals surface area contributed by atoms with Crippen molar-refractivity contribution in [3.63, 3.8) is 0 Å². The molecule has 8 heteroatoms. The number of aryl methyl sites for hydroxylation is 2. The molecule has 2 heterocycles. The molecule has 4 N–H and O–H groups in total. The number of hydrogen-bond donors (Lipinski definition) is 3. The van der Waals surface area contributed by atoms with E-state index in [4.69, 9.17) is 11.0 Å². The quantitative estimate of drug-likeness (QED) is 0.260. The van der Waals surface area contributed by atoms with Gasteiger partial charge in [-0.1, -0.05) is 12.1 Å². The van der Waals surface area contributed by atoms with Gasteiger partial charge in [0.15, 0.2) is 0 Å². The summed E-state index contributed by atoms with van der Waals surface area (Å²) in [7, 11) is 0. The van der Waals surface area contributed by atoms with Crippen LogP contribution in [0.1, 0.15) is 17.5 Å². The lowest BCUT2D eigenvalue weighted by atomic mass is 9.99. The second-order valence-corrected chi connectivity index (χ2v) is 8.21. The summed E-state index contributed by atoms with van der Waals surface area (Å²) in [6.07, 6.45) is 8.53. The van der Waals surface area contributed by atoms with Crippen molar-refractivity contribution in [1.29, 1.82) is 5.26 Å². The fourth-order valence-electron chi connectivity index (χ4n) is 3.73. The largest absolute Gasteiger partial charge is 0.398 e. The number of nitrogen functional groups attached to an aromatic ring is 1. The standard InChI is InChI=1S/C28H24N6O2/c1-18-10-12-31-16-23(18)20-13-21-15-26(32-17-24(21)25(30)14-20)34-28(36)9-8-27(35)33-22-6-4-19(5-7-22)3-2-11-29/h4-10,12-17H,2-3,30H2,1H3,(H,33,35)(H,32,34,36)/b9-8+. The van der Waals surface area contributed by atoms with Crippen LogP contribution in [-0.4, -0.2) is 21.8 Å². The number of nitrogens with zero attached hydrogens (tertiary/aromatic N) is 3. The molecule has 0 aliphatic heterocycles. The van der Waals surface area contributed by atoms with Crippen LogP contribution >= 0.6 is 0 Å². The van der Waals surface area contributed by atoms with Crippen molar-refractivity contribution in [1.82, 2.24) is 9.97 Å². The smallest absolute Gasteiger partial charge is 0.249 e. The molecular formula is C28H24N6O2. The predicted octanol–water partition coefficient (Wildman–Crippen LogP) is 4.78. The van der Waals surface area contributed by atoms with Gasteiger partial charge in [-0.05, 0) is 71.8 Å². The number of rotatable bonds is 7. The van der Waals surface area contributed by atoms with E-state index in [0.29, 0.717) is 30.0 Å². The second kappa shape index (κ2) is 10.9. The van der Waals surface area contributed by atoms with E-state index >= 15 is 0 Å². The molecule has 0 bridgehead atoms. The fourth-order valence-corrected chi connectivity index (χ4v) is 3.73. The molecule has 0 aliphatic rings. The highest BCUT2D eigenvalue weighted by molar-refractivity contribution is 6.07. The molecule has 0 fully saturated rings. The van der Waals surface area contributed by atoms with Crippen LogP contribution in [0.15, 0.2) is 79.3 Å². The summed E-state index contributed by atoms with van der Waals surface area (Å²) in [5, 5.41) is 15.6. The van der Waals surface area contributed by atoms with Crippen molar-refractivity contribution in [3.8, 4) is 17.2 Å². The zero-order valence-electron chi connectivity index (χ0n) is 19.7. The lowest BCUT2D eigenvalue weighted by Gasteiger charge is -2.10. The fraction of sp³-hybridized carbons (Fsp3) is 0.107. The summed E-state index contributed by atoms with van der Waals surface area (Å²) in [5.41, 5.74) is 11.4. The molecule has 2 amide bonds. The number of pyridine rings is 2. The second-order valence-electron chi connectivity index (χ2n) is 8.21. The van der Waals surface area contributed by atoms with Gasteiger partial charge in [-0.15, -0.1) is 0 Å². The number of benzene rings is 2. The molecular weight excluding hydrogens is 452 g/mol. The van der Waals surface area contributed by atoms with Crippen LogP contribution in [0, 0.1) is 18.3 Å². The van der Waals surface area contributed by atoms with Gasteiger partial charge in [0.2, 0.25) is 11.8 Å². The van der Waals surface area contributed by atoms with Crippen LogP contribution in [0.25, 0.3) is 21.9 Å². The number of nitriles is 1. The molecule has 2 aromatic carbocycles. The normalized spacial score (nSPS) is 10.8. The van der Waals surface area contributed by atoms with Gasteiger partial charge in [0.1, 0.15) is 5.82 Å². The summed E-state index contributed by atoms with van der Waals surface area (Å²) in [6.45, 7) is 2.00. The highest BCUT2D eigenvalue weighted by Gasteiger charge is 2.09. The summed E-state index contributed by atoms with van der Waals surface area (Å²) in [4.78, 5) is 33.0. The first-order chi connectivity index (χ1) is 17.4. The topological polar surface area (TPSA) is 134 Å². The molecule has 2 aromatic heterocycles. The zero-order valence-corrected chi connectivity index (χ0v) is 19.7. The third kappa shape index (κ3) is 5.90. The molecule has 36 heavy (non-hydrogen) atoms. The van der Waals surface area contributed by atoms with Crippen LogP contribution in [0.5, 0.6) is 0 Å². The Hall–Kier alpha value is -5.03. The van der Waals surface area contributed by atoms with Gasteiger partial charge in [-0.3, -0.25) is 14.6 Å². The van der Waals surface area contributed by atoms with Crippen molar-refractivity contribution in [2.24, 2.45) is 0 Å². The van der Waals surface area contributed by atoms with Crippen molar-refractivity contribution in [2.45, 2.75) is 19.8 Å². The number of amides is 2. The minimum absolute atomic E-state index is 0.338. The maximum Gasteiger partial charge on any atom is 0.249 e. The van der Waals surface area contributed by atoms with E-state index < -0.39 is 11.8 Å². The minimum Gasteiger partial charge on any atom is -0.398 e. The highest BCUT2D eigenvalue weighted by Crippen LogP contribution is 2.31. The number of anilines is 3. The van der Waals surface area contributed by atoms with E-state index in [1.165, 1.54) is 0 Å². The number of nitrogens with one attached hydrogen (secondary N) is 2. The van der Waals surface area contributed by atoms with Crippen molar-refractivity contribution >= 4 is 39.8 Å². The maximum atomic E-state index is 12.4. The van der Waals surface area contributed by atoms with Gasteiger partial charge in [0, 0.05) is 59.5 Å². The molecule has 0 atom stereocenters. The summed E-state index contributed by atoms with van der Waals surface area (Å²) in [6, 6.07) is 16.8. The number of carbonyl (C=O) groups excluding carboxylic acids is 2. The molecule has 4 rings (SSSR count). The number of aromatic nitrogens is 2. The lowest BCUT2D eigenvalue weighted by Crippen LogP contribution is -2.12. The number of carbonyl (C=O) groups is 2. The third-order valence-electron chi connectivity index (χ3n) is 5.60. The maximum absolute atomic E-state index is 12.4. The Bertz CT molecular complexity index is 1500. The zero-order chi connectivity index (χ0) is 25.5. The Kier molecular flexibility index (Phi) is 7.32. The first-order valence-corrected chi connectivity index (χ1v) is 11.3. The Morgan fingerprint density at radius 2 is 1.78 bits per heavy atom. The summed E-state index contributed by atoms with van der Waals surface area (Å²) in [5.74, 6) is -0.591. The molecule has 0 spiro atoms. The molecule has 0 radical (unpaired) electrons. The van der Waals surface area contributed by atoms with Gasteiger partial charge < -0.3 is 16.4 Å². The summed E-state index contributed by atoms with van der Waals surface area (Å²) < 4.78 is 0.